The summed E-state index contributed by atoms with van der Waals surface area (Å²) < 4.78 is 0. The Morgan fingerprint density at radius 1 is 1.36 bits per heavy atom. The van der Waals surface area contributed by atoms with Gasteiger partial charge in [-0.2, -0.15) is 0 Å². The minimum Gasteiger partial charge on any atom is -0.341 e. The monoisotopic (exact) mass is 248 g/mol. The van der Waals surface area contributed by atoms with Crippen molar-refractivity contribution < 1.29 is 0 Å². The number of nitrogens with one attached hydrogen (secondary N) is 1. The van der Waals surface area contributed by atoms with Crippen LogP contribution in [0.2, 0.25) is 0 Å². The first-order valence-corrected chi connectivity index (χ1v) is 5.66. The fourth-order valence-electron chi connectivity index (χ4n) is 1.21. The van der Waals surface area contributed by atoms with Gasteiger partial charge in [-0.3, -0.25) is 0 Å². The van der Waals surface area contributed by atoms with Gasteiger partial charge in [-0.25, -0.2) is 4.98 Å². The number of thioether (sulfide) groups is 1. The molecule has 0 spiro atoms. The van der Waals surface area contributed by atoms with Gasteiger partial charge in [0.05, 0.1) is 22.0 Å². The number of nitrogens with zero attached hydrogens (tertiary/aromatic N) is 1. The number of hydrogen-bond acceptors (Lipinski definition) is 2. The number of rotatable bonds is 3. The first kappa shape index (κ1) is 11.7. The number of hydrogen-bond donors (Lipinski definition) is 1. The molecule has 0 fully saturated rings. The van der Waals surface area contributed by atoms with E-state index in [9.17, 15) is 0 Å². The van der Waals surface area contributed by atoms with Crippen molar-refractivity contribution in [2.75, 3.05) is 5.21 Å². The van der Waals surface area contributed by atoms with Gasteiger partial charge in [0.15, 0.2) is 0 Å². The van der Waals surface area contributed by atoms with Crippen LogP contribution < -0.4 is 0 Å². The van der Waals surface area contributed by atoms with Crippen LogP contribution in [0.1, 0.15) is 5.82 Å². The zero-order valence-electron chi connectivity index (χ0n) is 7.37. The molecule has 0 unspecified atom stereocenters. The van der Waals surface area contributed by atoms with E-state index in [2.05, 4.69) is 9.97 Å². The van der Waals surface area contributed by atoms with E-state index in [0.29, 0.717) is 5.21 Å². The van der Waals surface area contributed by atoms with Gasteiger partial charge in [0, 0.05) is 0 Å². The Hall–Kier alpha value is -0.380. The topological polar surface area (TPSA) is 28.7 Å². The third-order valence-corrected chi connectivity index (χ3v) is 2.85. The quantitative estimate of drug-likeness (QED) is 0.844. The molecular weight excluding hydrogens is 239 g/mol. The Bertz CT molecular complexity index is 369. The van der Waals surface area contributed by atoms with Gasteiger partial charge in [0.2, 0.25) is 0 Å². The smallest absolute Gasteiger partial charge is 0.117 e. The van der Waals surface area contributed by atoms with E-state index >= 15 is 0 Å². The number of aromatic amines is 1. The second-order valence-electron chi connectivity index (χ2n) is 2.66. The van der Waals surface area contributed by atoms with E-state index in [1.807, 2.05) is 24.3 Å². The van der Waals surface area contributed by atoms with Crippen LogP contribution in [-0.4, -0.2) is 15.2 Å². The molecule has 2 nitrogen and oxygen atoms in total. The molecule has 0 aliphatic carbocycles. The van der Waals surface area contributed by atoms with Crippen LogP contribution in [0.15, 0.2) is 24.3 Å². The third kappa shape index (κ3) is 2.56. The predicted molar refractivity (Wildman–Crippen MR) is 65.4 cm³/mol. The molecule has 1 aromatic heterocycles. The SMILES string of the molecule is Cl.ClCSCc1nc2ccccc2[nH]1. The highest BCUT2D eigenvalue weighted by atomic mass is 35.5. The maximum atomic E-state index is 5.57. The Morgan fingerprint density at radius 3 is 2.86 bits per heavy atom. The zero-order valence-corrected chi connectivity index (χ0v) is 9.75. The summed E-state index contributed by atoms with van der Waals surface area (Å²) >= 11 is 7.22. The fourth-order valence-corrected chi connectivity index (χ4v) is 1.85. The van der Waals surface area contributed by atoms with Gasteiger partial charge in [-0.05, 0) is 12.1 Å². The van der Waals surface area contributed by atoms with Crippen molar-refractivity contribution in [2.24, 2.45) is 0 Å². The van der Waals surface area contributed by atoms with E-state index in [0.717, 1.165) is 22.6 Å². The Labute approximate surface area is 97.9 Å². The lowest BCUT2D eigenvalue weighted by molar-refractivity contribution is 1.14. The molecule has 76 valence electrons. The van der Waals surface area contributed by atoms with E-state index in [4.69, 9.17) is 11.6 Å². The van der Waals surface area contributed by atoms with Crippen molar-refractivity contribution in [1.29, 1.82) is 0 Å². The largest absolute Gasteiger partial charge is 0.341 e. The van der Waals surface area contributed by atoms with Gasteiger partial charge >= 0.3 is 0 Å². The molecule has 0 saturated heterocycles. The van der Waals surface area contributed by atoms with Crippen molar-refractivity contribution >= 4 is 46.8 Å². The maximum Gasteiger partial charge on any atom is 0.117 e. The maximum absolute atomic E-state index is 5.57. The number of aromatic nitrogens is 2. The first-order chi connectivity index (χ1) is 6.40. The number of H-pyrrole nitrogens is 1. The van der Waals surface area contributed by atoms with Gasteiger partial charge in [0.1, 0.15) is 5.82 Å². The predicted octanol–water partition coefficient (Wildman–Crippen LogP) is 3.41. The number of halogens is 2. The normalized spacial score (nSPS) is 10.1. The van der Waals surface area contributed by atoms with Crippen LogP contribution in [-0.2, 0) is 5.75 Å². The molecule has 0 aliphatic heterocycles. The fraction of sp³-hybridized carbons (Fsp3) is 0.222. The van der Waals surface area contributed by atoms with Crippen molar-refractivity contribution in [3.63, 3.8) is 0 Å². The average molecular weight is 249 g/mol. The lowest BCUT2D eigenvalue weighted by atomic mass is 10.3. The molecule has 0 atom stereocenters. The Balaban J connectivity index is 0.000000980. The lowest BCUT2D eigenvalue weighted by Gasteiger charge is -1.90. The van der Waals surface area contributed by atoms with E-state index in [1.165, 1.54) is 0 Å². The van der Waals surface area contributed by atoms with E-state index in [-0.39, 0.29) is 12.4 Å². The third-order valence-electron chi connectivity index (χ3n) is 1.75. The second kappa shape index (κ2) is 5.49. The number of benzene rings is 1. The standard InChI is InChI=1S/C9H9ClN2S.ClH/c10-6-13-5-9-11-7-3-1-2-4-8(7)12-9;/h1-4H,5-6H2,(H,11,12);1H. The van der Waals surface area contributed by atoms with Crippen molar-refractivity contribution in [1.82, 2.24) is 9.97 Å². The molecule has 0 radical (unpaired) electrons. The highest BCUT2D eigenvalue weighted by molar-refractivity contribution is 7.99. The minimum atomic E-state index is 0. The second-order valence-corrected chi connectivity index (χ2v) is 4.23. The summed E-state index contributed by atoms with van der Waals surface area (Å²) in [4.78, 5) is 7.65. The van der Waals surface area contributed by atoms with Crippen molar-refractivity contribution in [3.05, 3.63) is 30.1 Å². The molecule has 0 saturated carbocycles. The number of imidazole rings is 1. The summed E-state index contributed by atoms with van der Waals surface area (Å²) in [5.74, 6) is 1.84. The van der Waals surface area contributed by atoms with Crippen LogP contribution in [0.25, 0.3) is 11.0 Å². The Kier molecular flexibility index (Phi) is 4.58. The van der Waals surface area contributed by atoms with Crippen LogP contribution in [0.5, 0.6) is 0 Å². The molecule has 0 amide bonds. The first-order valence-electron chi connectivity index (χ1n) is 3.97. The highest BCUT2D eigenvalue weighted by Crippen LogP contribution is 2.15. The summed E-state index contributed by atoms with van der Waals surface area (Å²) in [7, 11) is 0. The molecule has 14 heavy (non-hydrogen) atoms. The average Bonchev–Trinajstić information content (AvgIpc) is 2.57. The molecule has 2 rings (SSSR count). The van der Waals surface area contributed by atoms with Gasteiger partial charge in [-0.1, -0.05) is 12.1 Å². The van der Waals surface area contributed by atoms with Crippen LogP contribution in [0.3, 0.4) is 0 Å². The summed E-state index contributed by atoms with van der Waals surface area (Å²) in [6.45, 7) is 0. The van der Waals surface area contributed by atoms with Crippen LogP contribution >= 0.6 is 35.8 Å². The number of fused-ring (bicyclic) bond motifs is 1. The molecule has 2 aromatic rings. The zero-order chi connectivity index (χ0) is 9.10. The summed E-state index contributed by atoms with van der Waals surface area (Å²) in [6.07, 6.45) is 0. The van der Waals surface area contributed by atoms with E-state index < -0.39 is 0 Å². The highest BCUT2D eigenvalue weighted by Gasteiger charge is 2.00. The summed E-state index contributed by atoms with van der Waals surface area (Å²) in [6, 6.07) is 8.01. The number of alkyl halides is 1. The summed E-state index contributed by atoms with van der Waals surface area (Å²) in [5, 5.41) is 0.608. The van der Waals surface area contributed by atoms with E-state index in [1.54, 1.807) is 11.8 Å². The minimum absolute atomic E-state index is 0. The number of para-hydroxylation sites is 2. The molecule has 0 aliphatic rings. The van der Waals surface area contributed by atoms with Crippen LogP contribution in [0, 0.1) is 0 Å². The molecule has 5 heteroatoms. The van der Waals surface area contributed by atoms with Gasteiger partial charge < -0.3 is 4.98 Å². The van der Waals surface area contributed by atoms with Crippen LogP contribution in [0.4, 0.5) is 0 Å². The van der Waals surface area contributed by atoms with Crippen molar-refractivity contribution in [2.45, 2.75) is 5.75 Å². The summed E-state index contributed by atoms with van der Waals surface area (Å²) in [5.41, 5.74) is 2.11. The van der Waals surface area contributed by atoms with Crippen molar-refractivity contribution in [3.8, 4) is 0 Å². The van der Waals surface area contributed by atoms with Gasteiger partial charge in [0.25, 0.3) is 0 Å². The molecule has 1 N–H and O–H groups in total. The molecular formula is C9H10Cl2N2S. The Morgan fingerprint density at radius 2 is 2.14 bits per heavy atom. The molecule has 0 bridgehead atoms. The molecule has 1 aromatic carbocycles. The van der Waals surface area contributed by atoms with Gasteiger partial charge in [-0.15, -0.1) is 35.8 Å². The molecule has 1 heterocycles. The lowest BCUT2D eigenvalue weighted by Crippen LogP contribution is -1.81.